The lowest BCUT2D eigenvalue weighted by molar-refractivity contribution is 0.222. The van der Waals surface area contributed by atoms with Crippen LogP contribution in [0.2, 0.25) is 0 Å². The molecule has 1 aromatic heterocycles. The number of hydrogen-bond acceptors (Lipinski definition) is 4. The fraction of sp³-hybridized carbons (Fsp3) is 0.688. The highest BCUT2D eigenvalue weighted by molar-refractivity contribution is 5.23. The van der Waals surface area contributed by atoms with Crippen molar-refractivity contribution in [3.8, 4) is 5.88 Å². The summed E-state index contributed by atoms with van der Waals surface area (Å²) in [6, 6.07) is 2.57. The van der Waals surface area contributed by atoms with Gasteiger partial charge in [0, 0.05) is 30.4 Å². The maximum Gasteiger partial charge on any atom is 0.250 e. The summed E-state index contributed by atoms with van der Waals surface area (Å²) in [5.41, 5.74) is 0.603. The summed E-state index contributed by atoms with van der Waals surface area (Å²) in [5, 5.41) is 3.21. The summed E-state index contributed by atoms with van der Waals surface area (Å²) in [6.45, 7) is 6.23. The van der Waals surface area contributed by atoms with Crippen molar-refractivity contribution in [1.82, 2.24) is 15.2 Å². The topological polar surface area (TPSA) is 37.4 Å². The smallest absolute Gasteiger partial charge is 0.250 e. The zero-order valence-corrected chi connectivity index (χ0v) is 13.2. The molecule has 5 heteroatoms. The Labute approximate surface area is 126 Å². The van der Waals surface area contributed by atoms with Crippen LogP contribution in [0.25, 0.3) is 0 Å². The first-order valence-electron chi connectivity index (χ1n) is 7.77. The van der Waals surface area contributed by atoms with E-state index in [-0.39, 0.29) is 11.7 Å². The van der Waals surface area contributed by atoms with E-state index in [0.717, 1.165) is 13.0 Å². The molecule has 0 aromatic carbocycles. The molecule has 4 nitrogen and oxygen atoms in total. The van der Waals surface area contributed by atoms with Crippen molar-refractivity contribution in [3.63, 3.8) is 0 Å². The molecule has 0 bridgehead atoms. The minimum atomic E-state index is -0.342. The van der Waals surface area contributed by atoms with Gasteiger partial charge in [-0.3, -0.25) is 0 Å². The zero-order chi connectivity index (χ0) is 15.2. The molecule has 0 saturated carbocycles. The third-order valence-corrected chi connectivity index (χ3v) is 4.00. The molecule has 0 amide bonds. The minimum absolute atomic E-state index is 0.124. The molecule has 1 unspecified atom stereocenters. The van der Waals surface area contributed by atoms with Crippen LogP contribution in [0.3, 0.4) is 0 Å². The number of aromatic nitrogens is 1. The normalized spacial score (nSPS) is 19.4. The molecule has 1 aliphatic rings. The summed E-state index contributed by atoms with van der Waals surface area (Å²) >= 11 is 0. The molecule has 1 aliphatic heterocycles. The number of likely N-dealkylation sites (tertiary alicyclic amines) is 1. The van der Waals surface area contributed by atoms with Crippen molar-refractivity contribution in [2.24, 2.45) is 0 Å². The Morgan fingerprint density at radius 3 is 3.00 bits per heavy atom. The summed E-state index contributed by atoms with van der Waals surface area (Å²) in [4.78, 5) is 6.35. The van der Waals surface area contributed by atoms with Crippen LogP contribution < -0.4 is 10.1 Å². The van der Waals surface area contributed by atoms with Crippen LogP contribution in [-0.2, 0) is 6.54 Å². The Morgan fingerprint density at radius 2 is 2.33 bits per heavy atom. The third kappa shape index (κ3) is 4.64. The molecule has 1 atom stereocenters. The molecule has 118 valence electrons. The molecule has 2 heterocycles. The average Bonchev–Trinajstić information content (AvgIpc) is 2.85. The van der Waals surface area contributed by atoms with E-state index in [1.165, 1.54) is 12.8 Å². The van der Waals surface area contributed by atoms with Gasteiger partial charge in [-0.05, 0) is 38.9 Å². The Balaban J connectivity index is 1.86. The molecule has 0 spiro atoms. The van der Waals surface area contributed by atoms with Gasteiger partial charge in [0.1, 0.15) is 0 Å². The van der Waals surface area contributed by atoms with Crippen LogP contribution in [0.15, 0.2) is 12.3 Å². The molecule has 1 fully saturated rings. The first-order valence-corrected chi connectivity index (χ1v) is 7.77. The molecule has 2 rings (SSSR count). The van der Waals surface area contributed by atoms with Gasteiger partial charge in [-0.2, -0.15) is 0 Å². The molecule has 21 heavy (non-hydrogen) atoms. The second-order valence-corrected chi connectivity index (χ2v) is 6.04. The number of pyridine rings is 1. The standard InChI is InChI=1S/C16H26FN3O/c1-12(2)19-11-13-6-8-18-16(15(13)17)21-10-7-14-5-4-9-20(14)3/h6,8,12,14,19H,4-5,7,9-11H2,1-3H3. The SMILES string of the molecule is CC(C)NCc1ccnc(OCCC2CCCN2C)c1F. The molecular weight excluding hydrogens is 269 g/mol. The number of nitrogens with one attached hydrogen (secondary N) is 1. The Kier molecular flexibility index (Phi) is 5.94. The lowest BCUT2D eigenvalue weighted by atomic mass is 10.1. The highest BCUT2D eigenvalue weighted by atomic mass is 19.1. The molecule has 1 saturated heterocycles. The van der Waals surface area contributed by atoms with Crippen LogP contribution in [-0.4, -0.2) is 42.2 Å². The third-order valence-electron chi connectivity index (χ3n) is 4.00. The number of rotatable bonds is 7. The fourth-order valence-electron chi connectivity index (χ4n) is 2.65. The summed E-state index contributed by atoms with van der Waals surface area (Å²) in [5.74, 6) is -0.218. The van der Waals surface area contributed by atoms with Gasteiger partial charge in [0.2, 0.25) is 0 Å². The lowest BCUT2D eigenvalue weighted by Gasteiger charge is -2.19. The quantitative estimate of drug-likeness (QED) is 0.839. The van der Waals surface area contributed by atoms with Crippen molar-refractivity contribution < 1.29 is 9.13 Å². The number of hydrogen-bond donors (Lipinski definition) is 1. The van der Waals surface area contributed by atoms with Gasteiger partial charge in [0.05, 0.1) is 6.61 Å². The first kappa shape index (κ1) is 16.2. The van der Waals surface area contributed by atoms with Crippen molar-refractivity contribution in [1.29, 1.82) is 0 Å². The largest absolute Gasteiger partial charge is 0.476 e. The van der Waals surface area contributed by atoms with Crippen LogP contribution in [0.5, 0.6) is 5.88 Å². The van der Waals surface area contributed by atoms with Gasteiger partial charge in [-0.15, -0.1) is 0 Å². The van der Waals surface area contributed by atoms with Crippen molar-refractivity contribution in [2.75, 3.05) is 20.2 Å². The monoisotopic (exact) mass is 295 g/mol. The number of halogens is 1. The predicted octanol–water partition coefficient (Wildman–Crippen LogP) is 2.58. The van der Waals surface area contributed by atoms with Crippen molar-refractivity contribution in [3.05, 3.63) is 23.6 Å². The van der Waals surface area contributed by atoms with Gasteiger partial charge in [0.15, 0.2) is 5.82 Å². The van der Waals surface area contributed by atoms with Crippen molar-refractivity contribution in [2.45, 2.75) is 51.7 Å². The van der Waals surface area contributed by atoms with Crippen LogP contribution in [0.1, 0.15) is 38.7 Å². The molecule has 1 aromatic rings. The molecule has 0 radical (unpaired) electrons. The number of ether oxygens (including phenoxy) is 1. The van der Waals surface area contributed by atoms with E-state index < -0.39 is 0 Å². The second-order valence-electron chi connectivity index (χ2n) is 6.04. The van der Waals surface area contributed by atoms with Crippen molar-refractivity contribution >= 4 is 0 Å². The van der Waals surface area contributed by atoms with E-state index in [4.69, 9.17) is 4.74 Å². The zero-order valence-electron chi connectivity index (χ0n) is 13.2. The first-order chi connectivity index (χ1) is 10.1. The van der Waals surface area contributed by atoms with E-state index in [2.05, 4.69) is 22.2 Å². The average molecular weight is 295 g/mol. The van der Waals surface area contributed by atoms with Gasteiger partial charge in [0.25, 0.3) is 5.88 Å². The lowest BCUT2D eigenvalue weighted by Crippen LogP contribution is -2.26. The second kappa shape index (κ2) is 7.71. The van der Waals surface area contributed by atoms with Gasteiger partial charge < -0.3 is 15.0 Å². The predicted molar refractivity (Wildman–Crippen MR) is 81.9 cm³/mol. The van der Waals surface area contributed by atoms with Crippen LogP contribution >= 0.6 is 0 Å². The molecule has 0 aliphatic carbocycles. The van der Waals surface area contributed by atoms with Crippen LogP contribution in [0, 0.1) is 5.82 Å². The minimum Gasteiger partial charge on any atom is -0.476 e. The van der Waals surface area contributed by atoms with Gasteiger partial charge in [-0.25, -0.2) is 9.37 Å². The van der Waals surface area contributed by atoms with E-state index in [1.807, 2.05) is 13.8 Å². The number of nitrogens with zero attached hydrogens (tertiary/aromatic N) is 2. The van der Waals surface area contributed by atoms with E-state index in [1.54, 1.807) is 12.3 Å². The van der Waals surface area contributed by atoms with Crippen LogP contribution in [0.4, 0.5) is 4.39 Å². The van der Waals surface area contributed by atoms with Gasteiger partial charge in [-0.1, -0.05) is 13.8 Å². The highest BCUT2D eigenvalue weighted by Gasteiger charge is 2.20. The summed E-state index contributed by atoms with van der Waals surface area (Å²) < 4.78 is 19.8. The fourth-order valence-corrected chi connectivity index (χ4v) is 2.65. The molecular formula is C16H26FN3O. The Morgan fingerprint density at radius 1 is 1.52 bits per heavy atom. The van der Waals surface area contributed by atoms with E-state index in [0.29, 0.717) is 30.8 Å². The Hall–Kier alpha value is -1.20. The molecule has 1 N–H and O–H groups in total. The Bertz CT molecular complexity index is 453. The maximum atomic E-state index is 14.3. The summed E-state index contributed by atoms with van der Waals surface area (Å²) in [7, 11) is 2.13. The maximum absolute atomic E-state index is 14.3. The highest BCUT2D eigenvalue weighted by Crippen LogP contribution is 2.20. The van der Waals surface area contributed by atoms with E-state index in [9.17, 15) is 4.39 Å². The van der Waals surface area contributed by atoms with Gasteiger partial charge >= 0.3 is 0 Å². The summed E-state index contributed by atoms with van der Waals surface area (Å²) in [6.07, 6.45) is 4.97. The van der Waals surface area contributed by atoms with E-state index >= 15 is 0 Å².